The first-order chi connectivity index (χ1) is 16.7. The number of likely N-dealkylation sites (tertiary alicyclic amines) is 1. The summed E-state index contributed by atoms with van der Waals surface area (Å²) in [7, 11) is 1.57. The Morgan fingerprint density at radius 3 is 2.51 bits per heavy atom. The molecule has 1 atom stereocenters. The SMILES string of the molecule is CCc1cc(-c2cc(F)cc(F)c2)cc(OC(=O)c2ccncn2)c1C#C[C@]1(O)CCN(C)C1=O. The van der Waals surface area contributed by atoms with Crippen molar-refractivity contribution < 1.29 is 28.2 Å². The Morgan fingerprint density at radius 2 is 1.91 bits per heavy atom. The van der Waals surface area contributed by atoms with Crippen LogP contribution in [0, 0.1) is 23.5 Å². The summed E-state index contributed by atoms with van der Waals surface area (Å²) in [6.45, 7) is 2.18. The Labute approximate surface area is 200 Å². The van der Waals surface area contributed by atoms with Gasteiger partial charge >= 0.3 is 5.97 Å². The molecule has 0 spiro atoms. The van der Waals surface area contributed by atoms with Crippen molar-refractivity contribution in [3.8, 4) is 28.7 Å². The highest BCUT2D eigenvalue weighted by molar-refractivity contribution is 5.91. The lowest BCUT2D eigenvalue weighted by Crippen LogP contribution is -2.37. The van der Waals surface area contributed by atoms with Gasteiger partial charge in [-0.15, -0.1) is 0 Å². The molecule has 178 valence electrons. The van der Waals surface area contributed by atoms with Gasteiger partial charge in [0, 0.05) is 32.3 Å². The molecule has 9 heteroatoms. The molecule has 0 aliphatic carbocycles. The molecule has 1 fully saturated rings. The van der Waals surface area contributed by atoms with E-state index in [1.54, 1.807) is 13.1 Å². The lowest BCUT2D eigenvalue weighted by Gasteiger charge is -2.15. The van der Waals surface area contributed by atoms with Gasteiger partial charge in [0.15, 0.2) is 5.69 Å². The zero-order valence-corrected chi connectivity index (χ0v) is 19.0. The number of likely N-dealkylation sites (N-methyl/N-ethyl adjacent to an activating group) is 1. The number of nitrogens with zero attached hydrogens (tertiary/aromatic N) is 3. The highest BCUT2D eigenvalue weighted by Gasteiger charge is 2.42. The minimum atomic E-state index is -1.86. The van der Waals surface area contributed by atoms with Crippen LogP contribution in [0.4, 0.5) is 8.78 Å². The highest BCUT2D eigenvalue weighted by Crippen LogP contribution is 2.32. The molecule has 1 aliphatic heterocycles. The molecule has 1 aromatic heterocycles. The van der Waals surface area contributed by atoms with Crippen molar-refractivity contribution in [3.05, 3.63) is 77.4 Å². The third-order valence-corrected chi connectivity index (χ3v) is 5.66. The molecule has 4 rings (SSSR count). The van der Waals surface area contributed by atoms with Crippen molar-refractivity contribution in [2.75, 3.05) is 13.6 Å². The first-order valence-electron chi connectivity index (χ1n) is 10.8. The number of carbonyl (C=O) groups is 2. The molecule has 0 saturated carbocycles. The van der Waals surface area contributed by atoms with Gasteiger partial charge in [-0.05, 0) is 53.4 Å². The Kier molecular flexibility index (Phi) is 6.58. The first-order valence-corrected chi connectivity index (χ1v) is 10.8. The van der Waals surface area contributed by atoms with Gasteiger partial charge in [-0.3, -0.25) is 4.79 Å². The fourth-order valence-electron chi connectivity index (χ4n) is 3.76. The molecule has 0 radical (unpaired) electrons. The molecule has 1 aliphatic rings. The van der Waals surface area contributed by atoms with Crippen molar-refractivity contribution in [1.29, 1.82) is 0 Å². The Balaban J connectivity index is 1.85. The van der Waals surface area contributed by atoms with E-state index in [1.165, 1.54) is 29.6 Å². The second kappa shape index (κ2) is 9.60. The number of hydrogen-bond donors (Lipinski definition) is 1. The maximum absolute atomic E-state index is 13.9. The van der Waals surface area contributed by atoms with Crippen LogP contribution >= 0.6 is 0 Å². The average molecular weight is 477 g/mol. The van der Waals surface area contributed by atoms with E-state index in [0.29, 0.717) is 24.1 Å². The van der Waals surface area contributed by atoms with Crippen LogP contribution < -0.4 is 4.74 Å². The van der Waals surface area contributed by atoms with E-state index in [4.69, 9.17) is 4.74 Å². The fraction of sp³-hybridized carbons (Fsp3) is 0.231. The van der Waals surface area contributed by atoms with Crippen LogP contribution in [0.2, 0.25) is 0 Å². The number of amides is 1. The minimum absolute atomic E-state index is 0.00234. The van der Waals surface area contributed by atoms with E-state index in [2.05, 4.69) is 21.8 Å². The van der Waals surface area contributed by atoms with Gasteiger partial charge in [-0.1, -0.05) is 18.8 Å². The maximum atomic E-state index is 13.9. The molecule has 0 bridgehead atoms. The molecule has 0 unspecified atom stereocenters. The number of rotatable bonds is 4. The van der Waals surface area contributed by atoms with Crippen LogP contribution in [-0.2, 0) is 11.2 Å². The molecule has 35 heavy (non-hydrogen) atoms. The summed E-state index contributed by atoms with van der Waals surface area (Å²) < 4.78 is 33.4. The Hall–Kier alpha value is -4.16. The number of carbonyl (C=O) groups excluding carboxylic acids is 2. The number of aliphatic hydroxyl groups is 1. The molecular weight excluding hydrogens is 456 g/mol. The highest BCUT2D eigenvalue weighted by atomic mass is 19.1. The van der Waals surface area contributed by atoms with Gasteiger partial charge in [0.1, 0.15) is 23.7 Å². The predicted octanol–water partition coefficient (Wildman–Crippen LogP) is 3.15. The van der Waals surface area contributed by atoms with E-state index in [9.17, 15) is 23.5 Å². The molecular formula is C26H21F2N3O4. The number of ether oxygens (including phenoxy) is 1. The van der Waals surface area contributed by atoms with E-state index in [1.807, 2.05) is 6.92 Å². The van der Waals surface area contributed by atoms with Crippen LogP contribution in [0.15, 0.2) is 48.9 Å². The van der Waals surface area contributed by atoms with Gasteiger partial charge < -0.3 is 14.7 Å². The first kappa shape index (κ1) is 24.0. The van der Waals surface area contributed by atoms with E-state index < -0.39 is 29.1 Å². The molecule has 1 amide bonds. The van der Waals surface area contributed by atoms with Crippen molar-refractivity contribution >= 4 is 11.9 Å². The topological polar surface area (TPSA) is 92.6 Å². The molecule has 1 saturated heterocycles. The molecule has 2 heterocycles. The zero-order chi connectivity index (χ0) is 25.2. The summed E-state index contributed by atoms with van der Waals surface area (Å²) >= 11 is 0. The van der Waals surface area contributed by atoms with Crippen LogP contribution in [0.1, 0.15) is 35.0 Å². The number of aryl methyl sites for hydroxylation is 1. The van der Waals surface area contributed by atoms with Crippen molar-refractivity contribution in [2.45, 2.75) is 25.4 Å². The number of aromatic nitrogens is 2. The number of benzene rings is 2. The zero-order valence-electron chi connectivity index (χ0n) is 19.0. The van der Waals surface area contributed by atoms with Crippen LogP contribution in [0.25, 0.3) is 11.1 Å². The molecule has 7 nitrogen and oxygen atoms in total. The quantitative estimate of drug-likeness (QED) is 0.353. The smallest absolute Gasteiger partial charge is 0.362 e. The van der Waals surface area contributed by atoms with Gasteiger partial charge in [0.25, 0.3) is 5.91 Å². The van der Waals surface area contributed by atoms with Crippen molar-refractivity contribution in [1.82, 2.24) is 14.9 Å². The van der Waals surface area contributed by atoms with Gasteiger partial charge in [-0.25, -0.2) is 23.5 Å². The fourth-order valence-corrected chi connectivity index (χ4v) is 3.76. The number of halogens is 2. The van der Waals surface area contributed by atoms with Gasteiger partial charge in [0.2, 0.25) is 5.60 Å². The monoisotopic (exact) mass is 477 g/mol. The third-order valence-electron chi connectivity index (χ3n) is 5.66. The molecule has 1 N–H and O–H groups in total. The van der Waals surface area contributed by atoms with Crippen LogP contribution in [0.3, 0.4) is 0 Å². The molecule has 2 aromatic carbocycles. The maximum Gasteiger partial charge on any atom is 0.362 e. The van der Waals surface area contributed by atoms with E-state index in [0.717, 1.165) is 18.2 Å². The second-order valence-electron chi connectivity index (χ2n) is 8.09. The normalized spacial score (nSPS) is 17.2. The summed E-state index contributed by atoms with van der Waals surface area (Å²) in [5, 5.41) is 10.7. The second-order valence-corrected chi connectivity index (χ2v) is 8.09. The van der Waals surface area contributed by atoms with E-state index in [-0.39, 0.29) is 29.0 Å². The van der Waals surface area contributed by atoms with Crippen LogP contribution in [0.5, 0.6) is 5.75 Å². The number of esters is 1. The predicted molar refractivity (Wildman–Crippen MR) is 122 cm³/mol. The lowest BCUT2D eigenvalue weighted by molar-refractivity contribution is -0.137. The van der Waals surface area contributed by atoms with Crippen molar-refractivity contribution in [3.63, 3.8) is 0 Å². The van der Waals surface area contributed by atoms with E-state index >= 15 is 0 Å². The summed E-state index contributed by atoms with van der Waals surface area (Å²) in [6.07, 6.45) is 3.12. The third kappa shape index (κ3) is 5.03. The summed E-state index contributed by atoms with van der Waals surface area (Å²) in [6, 6.07) is 7.56. The largest absolute Gasteiger partial charge is 0.420 e. The summed E-state index contributed by atoms with van der Waals surface area (Å²) in [4.78, 5) is 34.1. The average Bonchev–Trinajstić information content (AvgIpc) is 3.10. The Morgan fingerprint density at radius 1 is 1.20 bits per heavy atom. The summed E-state index contributed by atoms with van der Waals surface area (Å²) in [5.41, 5.74) is -0.379. The van der Waals surface area contributed by atoms with Gasteiger partial charge in [-0.2, -0.15) is 0 Å². The Bertz CT molecular complexity index is 1350. The standard InChI is InChI=1S/C26H21F2N3O4/c1-3-16-10-17(18-11-19(27)14-20(28)12-18)13-23(35-24(32)22-5-8-29-15-30-22)21(16)4-6-26(34)7-9-31(2)25(26)33/h5,8,10-15,34H,3,7,9H2,1-2H3/t26-/m0/s1. The number of hydrogen-bond acceptors (Lipinski definition) is 6. The molecule has 3 aromatic rings. The van der Waals surface area contributed by atoms with Crippen molar-refractivity contribution in [2.24, 2.45) is 0 Å². The van der Waals surface area contributed by atoms with Gasteiger partial charge in [0.05, 0.1) is 5.56 Å². The lowest BCUT2D eigenvalue weighted by atomic mass is 9.95. The summed E-state index contributed by atoms with van der Waals surface area (Å²) in [5.74, 6) is 2.63. The van der Waals surface area contributed by atoms with Crippen LogP contribution in [-0.4, -0.2) is 51.0 Å². The minimum Gasteiger partial charge on any atom is -0.420 e.